The van der Waals surface area contributed by atoms with Gasteiger partial charge >= 0.3 is 5.97 Å². The molecule has 2 aliphatic rings. The lowest BCUT2D eigenvalue weighted by Gasteiger charge is -2.41. The summed E-state index contributed by atoms with van der Waals surface area (Å²) in [5, 5.41) is 0. The van der Waals surface area contributed by atoms with E-state index in [9.17, 15) is 4.79 Å². The molecule has 0 aromatic heterocycles. The minimum absolute atomic E-state index is 0.0686. The fraction of sp³-hybridized carbons (Fsp3) is 0.933. The maximum Gasteiger partial charge on any atom is 0.310 e. The Kier molecular flexibility index (Phi) is 3.51. The van der Waals surface area contributed by atoms with Crippen LogP contribution in [0.1, 0.15) is 72.1 Å². The third-order valence-electron chi connectivity index (χ3n) is 4.45. The van der Waals surface area contributed by atoms with Crippen LogP contribution in [0.3, 0.4) is 0 Å². The maximum atomic E-state index is 12.4. The second-order valence-electron chi connectivity index (χ2n) is 6.90. The molecule has 2 nitrogen and oxygen atoms in total. The van der Waals surface area contributed by atoms with Gasteiger partial charge < -0.3 is 4.74 Å². The van der Waals surface area contributed by atoms with Crippen molar-refractivity contribution in [3.05, 3.63) is 0 Å². The molecule has 2 saturated carbocycles. The molecule has 17 heavy (non-hydrogen) atoms. The second-order valence-corrected chi connectivity index (χ2v) is 6.90. The third-order valence-corrected chi connectivity index (χ3v) is 4.45. The normalized spacial score (nSPS) is 28.3. The van der Waals surface area contributed by atoms with Gasteiger partial charge in [-0.05, 0) is 51.9 Å². The standard InChI is InChI=1S/C15H26O2/c1-14(2,3)17-13(16)12-8-4-5-9-15(12)10-6-7-11-15/h12H,4-11H2,1-3H3. The summed E-state index contributed by atoms with van der Waals surface area (Å²) in [7, 11) is 0. The van der Waals surface area contributed by atoms with E-state index in [-0.39, 0.29) is 17.5 Å². The van der Waals surface area contributed by atoms with Crippen molar-refractivity contribution in [2.75, 3.05) is 0 Å². The Bertz CT molecular complexity index is 282. The molecule has 0 aromatic rings. The van der Waals surface area contributed by atoms with E-state index in [1.54, 1.807) is 0 Å². The van der Waals surface area contributed by atoms with Crippen molar-refractivity contribution in [2.24, 2.45) is 11.3 Å². The molecular formula is C15H26O2. The van der Waals surface area contributed by atoms with Crippen LogP contribution in [0.5, 0.6) is 0 Å². The van der Waals surface area contributed by atoms with Crippen LogP contribution >= 0.6 is 0 Å². The third kappa shape index (κ3) is 2.83. The molecule has 2 fully saturated rings. The van der Waals surface area contributed by atoms with Gasteiger partial charge in [-0.1, -0.05) is 25.7 Å². The molecule has 98 valence electrons. The van der Waals surface area contributed by atoms with Gasteiger partial charge in [0, 0.05) is 0 Å². The largest absolute Gasteiger partial charge is 0.460 e. The van der Waals surface area contributed by atoms with Gasteiger partial charge in [-0.25, -0.2) is 0 Å². The molecule has 0 aromatic carbocycles. The number of rotatable bonds is 1. The first-order valence-electron chi connectivity index (χ1n) is 7.16. The Morgan fingerprint density at radius 1 is 1.06 bits per heavy atom. The van der Waals surface area contributed by atoms with E-state index < -0.39 is 0 Å². The summed E-state index contributed by atoms with van der Waals surface area (Å²) in [6.07, 6.45) is 9.91. The summed E-state index contributed by atoms with van der Waals surface area (Å²) in [4.78, 5) is 12.4. The van der Waals surface area contributed by atoms with E-state index in [0.717, 1.165) is 6.42 Å². The van der Waals surface area contributed by atoms with Crippen LogP contribution in [0.2, 0.25) is 0 Å². The summed E-state index contributed by atoms with van der Waals surface area (Å²) < 4.78 is 5.62. The van der Waals surface area contributed by atoms with E-state index in [1.807, 2.05) is 20.8 Å². The monoisotopic (exact) mass is 238 g/mol. The van der Waals surface area contributed by atoms with Crippen LogP contribution in [0.25, 0.3) is 0 Å². The zero-order valence-corrected chi connectivity index (χ0v) is 11.6. The van der Waals surface area contributed by atoms with Gasteiger partial charge in [0.25, 0.3) is 0 Å². The molecule has 0 amide bonds. The predicted octanol–water partition coefficient (Wildman–Crippen LogP) is 4.08. The quantitative estimate of drug-likeness (QED) is 0.643. The summed E-state index contributed by atoms with van der Waals surface area (Å²) >= 11 is 0. The van der Waals surface area contributed by atoms with Crippen LogP contribution in [-0.4, -0.2) is 11.6 Å². The van der Waals surface area contributed by atoms with Gasteiger partial charge in [0.1, 0.15) is 5.60 Å². The molecule has 1 unspecified atom stereocenters. The smallest absolute Gasteiger partial charge is 0.310 e. The van der Waals surface area contributed by atoms with E-state index >= 15 is 0 Å². The van der Waals surface area contributed by atoms with Gasteiger partial charge in [-0.3, -0.25) is 4.79 Å². The zero-order valence-electron chi connectivity index (χ0n) is 11.6. The van der Waals surface area contributed by atoms with Gasteiger partial charge in [-0.2, -0.15) is 0 Å². The van der Waals surface area contributed by atoms with E-state index in [4.69, 9.17) is 4.74 Å². The van der Waals surface area contributed by atoms with Crippen molar-refractivity contribution in [3.63, 3.8) is 0 Å². The highest BCUT2D eigenvalue weighted by Gasteiger charge is 2.47. The minimum Gasteiger partial charge on any atom is -0.460 e. The molecule has 0 bridgehead atoms. The molecule has 0 N–H and O–H groups in total. The lowest BCUT2D eigenvalue weighted by Crippen LogP contribution is -2.40. The zero-order chi connectivity index (χ0) is 12.5. The molecule has 0 heterocycles. The summed E-state index contributed by atoms with van der Waals surface area (Å²) in [5.74, 6) is 0.247. The Labute approximate surface area is 105 Å². The molecule has 0 aliphatic heterocycles. The number of hydrogen-bond donors (Lipinski definition) is 0. The van der Waals surface area contributed by atoms with E-state index in [1.165, 1.54) is 44.9 Å². The molecule has 2 rings (SSSR count). The van der Waals surface area contributed by atoms with Crippen molar-refractivity contribution in [2.45, 2.75) is 77.7 Å². The summed E-state index contributed by atoms with van der Waals surface area (Å²) in [6, 6.07) is 0. The van der Waals surface area contributed by atoms with E-state index in [2.05, 4.69) is 0 Å². The number of carbonyl (C=O) groups is 1. The maximum absolute atomic E-state index is 12.4. The average Bonchev–Trinajstić information content (AvgIpc) is 2.65. The highest BCUT2D eigenvalue weighted by Crippen LogP contribution is 2.53. The number of hydrogen-bond acceptors (Lipinski definition) is 2. The summed E-state index contributed by atoms with van der Waals surface area (Å²) in [5.41, 5.74) is -0.0328. The molecule has 2 aliphatic carbocycles. The summed E-state index contributed by atoms with van der Waals surface area (Å²) in [6.45, 7) is 5.90. The Morgan fingerprint density at radius 3 is 2.12 bits per heavy atom. The van der Waals surface area contributed by atoms with Crippen LogP contribution in [0, 0.1) is 11.3 Å². The highest BCUT2D eigenvalue weighted by atomic mass is 16.6. The van der Waals surface area contributed by atoms with Crippen LogP contribution in [0.4, 0.5) is 0 Å². The van der Waals surface area contributed by atoms with Crippen molar-refractivity contribution in [1.29, 1.82) is 0 Å². The number of carbonyl (C=O) groups excluding carboxylic acids is 1. The van der Waals surface area contributed by atoms with Crippen LogP contribution in [0.15, 0.2) is 0 Å². The first kappa shape index (κ1) is 12.9. The van der Waals surface area contributed by atoms with Gasteiger partial charge in [0.2, 0.25) is 0 Å². The predicted molar refractivity (Wildman–Crippen MR) is 68.7 cm³/mol. The lowest BCUT2D eigenvalue weighted by molar-refractivity contribution is -0.167. The highest BCUT2D eigenvalue weighted by molar-refractivity contribution is 5.74. The molecule has 2 heteroatoms. The van der Waals surface area contributed by atoms with Crippen LogP contribution < -0.4 is 0 Å². The molecule has 1 atom stereocenters. The number of esters is 1. The van der Waals surface area contributed by atoms with E-state index in [0.29, 0.717) is 5.41 Å². The molecule has 0 radical (unpaired) electrons. The molecule has 0 saturated heterocycles. The Hall–Kier alpha value is -0.530. The average molecular weight is 238 g/mol. The SMILES string of the molecule is CC(C)(C)OC(=O)C1CCCCC12CCCC2. The van der Waals surface area contributed by atoms with Gasteiger partial charge in [0.15, 0.2) is 0 Å². The fourth-order valence-electron chi connectivity index (χ4n) is 3.72. The van der Waals surface area contributed by atoms with Gasteiger partial charge in [-0.15, -0.1) is 0 Å². The topological polar surface area (TPSA) is 26.3 Å². The Morgan fingerprint density at radius 2 is 1.59 bits per heavy atom. The van der Waals surface area contributed by atoms with Crippen LogP contribution in [-0.2, 0) is 9.53 Å². The fourth-order valence-corrected chi connectivity index (χ4v) is 3.72. The minimum atomic E-state index is -0.339. The number of ether oxygens (including phenoxy) is 1. The first-order chi connectivity index (χ1) is 7.93. The van der Waals surface area contributed by atoms with Crippen molar-refractivity contribution >= 4 is 5.97 Å². The first-order valence-corrected chi connectivity index (χ1v) is 7.16. The molecule has 1 spiro atoms. The second kappa shape index (κ2) is 4.62. The van der Waals surface area contributed by atoms with Crippen molar-refractivity contribution in [3.8, 4) is 0 Å². The van der Waals surface area contributed by atoms with Gasteiger partial charge in [0.05, 0.1) is 5.92 Å². The lowest BCUT2D eigenvalue weighted by atomic mass is 9.65. The van der Waals surface area contributed by atoms with Crippen molar-refractivity contribution in [1.82, 2.24) is 0 Å². The van der Waals surface area contributed by atoms with Crippen molar-refractivity contribution < 1.29 is 9.53 Å². The Balaban J connectivity index is 2.08. The molecular weight excluding hydrogens is 212 g/mol.